The van der Waals surface area contributed by atoms with E-state index >= 15 is 0 Å². The Morgan fingerprint density at radius 2 is 1.88 bits per heavy atom. The van der Waals surface area contributed by atoms with E-state index in [2.05, 4.69) is 0 Å². The fraction of sp³-hybridized carbons (Fsp3) is 0.211. The highest BCUT2D eigenvalue weighted by Crippen LogP contribution is 2.49. The molecule has 1 aliphatic rings. The topological polar surface area (TPSA) is 56.1 Å². The van der Waals surface area contributed by atoms with E-state index in [1.165, 1.54) is 28.4 Å². The minimum Gasteiger partial charge on any atom is -0.303 e. The number of fused-ring (bicyclic) bond motifs is 1. The summed E-state index contributed by atoms with van der Waals surface area (Å²) in [4.78, 5) is 11.2. The van der Waals surface area contributed by atoms with Crippen LogP contribution >= 0.6 is 0 Å². The van der Waals surface area contributed by atoms with E-state index in [1.54, 1.807) is 24.3 Å². The molecule has 0 amide bonds. The highest BCUT2D eigenvalue weighted by atomic mass is 32.2. The smallest absolute Gasteiger partial charge is 0.268 e. The Morgan fingerprint density at radius 1 is 1.16 bits per heavy atom. The molecule has 6 heteroatoms. The largest absolute Gasteiger partial charge is 0.303 e. The summed E-state index contributed by atoms with van der Waals surface area (Å²) < 4.78 is 41.0. The van der Waals surface area contributed by atoms with Gasteiger partial charge in [-0.15, -0.1) is 0 Å². The lowest BCUT2D eigenvalue weighted by Crippen LogP contribution is -2.11. The summed E-state index contributed by atoms with van der Waals surface area (Å²) in [7, 11) is -3.80. The molecule has 1 fully saturated rings. The molecule has 0 radical (unpaired) electrons. The molecule has 0 spiro atoms. The maximum Gasteiger partial charge on any atom is 0.268 e. The summed E-state index contributed by atoms with van der Waals surface area (Å²) in [6, 6.07) is 10.7. The first kappa shape index (κ1) is 16.0. The minimum atomic E-state index is -3.80. The molecule has 0 unspecified atom stereocenters. The van der Waals surface area contributed by atoms with Crippen molar-refractivity contribution in [2.24, 2.45) is 5.92 Å². The van der Waals surface area contributed by atoms with Crippen molar-refractivity contribution in [1.29, 1.82) is 0 Å². The van der Waals surface area contributed by atoms with Gasteiger partial charge in [-0.2, -0.15) is 0 Å². The molecule has 1 saturated carbocycles. The van der Waals surface area contributed by atoms with Crippen LogP contribution in [0, 0.1) is 18.7 Å². The van der Waals surface area contributed by atoms with E-state index in [0.717, 1.165) is 11.8 Å². The van der Waals surface area contributed by atoms with Gasteiger partial charge in [0.25, 0.3) is 10.0 Å². The van der Waals surface area contributed by atoms with Crippen molar-refractivity contribution in [2.75, 3.05) is 0 Å². The first-order valence-corrected chi connectivity index (χ1v) is 9.44. The van der Waals surface area contributed by atoms with Crippen LogP contribution in [0.4, 0.5) is 4.39 Å². The van der Waals surface area contributed by atoms with Crippen LogP contribution in [-0.4, -0.2) is 18.7 Å². The second-order valence-corrected chi connectivity index (χ2v) is 8.32. The van der Waals surface area contributed by atoms with Gasteiger partial charge in [-0.3, -0.25) is 0 Å². The minimum absolute atomic E-state index is 0.0451. The lowest BCUT2D eigenvalue weighted by Gasteiger charge is -2.08. The van der Waals surface area contributed by atoms with Crippen LogP contribution in [0.15, 0.2) is 53.6 Å². The zero-order valence-corrected chi connectivity index (χ0v) is 14.3. The molecule has 0 N–H and O–H groups in total. The number of aryl methyl sites for hydroxylation is 1. The Labute approximate surface area is 144 Å². The predicted molar refractivity (Wildman–Crippen MR) is 92.6 cm³/mol. The van der Waals surface area contributed by atoms with Crippen LogP contribution in [0.25, 0.3) is 10.9 Å². The second-order valence-electron chi connectivity index (χ2n) is 6.50. The molecule has 4 nitrogen and oxygen atoms in total. The summed E-state index contributed by atoms with van der Waals surface area (Å²) >= 11 is 0. The zero-order chi connectivity index (χ0) is 17.8. The number of nitrogens with zero attached hydrogens (tertiary/aromatic N) is 1. The number of aldehydes is 1. The van der Waals surface area contributed by atoms with Gasteiger partial charge in [0.05, 0.1) is 10.4 Å². The SMILES string of the molecule is Cc1ccc(S(=O)(=O)n2cc([C@H]3C[C@H]3C=O)c3cc(F)ccc32)cc1. The molecule has 1 aliphatic carbocycles. The van der Waals surface area contributed by atoms with Crippen LogP contribution in [0.1, 0.15) is 23.5 Å². The lowest BCUT2D eigenvalue weighted by molar-refractivity contribution is -0.108. The third-order valence-corrected chi connectivity index (χ3v) is 6.44. The Balaban J connectivity index is 1.93. The van der Waals surface area contributed by atoms with Crippen molar-refractivity contribution in [3.63, 3.8) is 0 Å². The fourth-order valence-electron chi connectivity index (χ4n) is 3.24. The molecular formula is C19H16FNO3S. The molecule has 128 valence electrons. The van der Waals surface area contributed by atoms with Crippen molar-refractivity contribution in [3.05, 3.63) is 65.6 Å². The van der Waals surface area contributed by atoms with Crippen molar-refractivity contribution < 1.29 is 17.6 Å². The number of rotatable bonds is 4. The molecule has 0 saturated heterocycles. The number of benzene rings is 2. The molecule has 3 aromatic rings. The summed E-state index contributed by atoms with van der Waals surface area (Å²) in [5, 5.41) is 0.546. The second kappa shape index (κ2) is 5.52. The molecule has 4 rings (SSSR count). The van der Waals surface area contributed by atoms with Crippen LogP contribution in [-0.2, 0) is 14.8 Å². The number of carbonyl (C=O) groups is 1. The van der Waals surface area contributed by atoms with Crippen LogP contribution in [0.5, 0.6) is 0 Å². The summed E-state index contributed by atoms with van der Waals surface area (Å²) in [5.74, 6) is -0.594. The molecule has 1 heterocycles. The molecule has 0 bridgehead atoms. The molecule has 0 aliphatic heterocycles. The fourth-order valence-corrected chi connectivity index (χ4v) is 4.62. The third-order valence-electron chi connectivity index (χ3n) is 4.76. The van der Waals surface area contributed by atoms with E-state index in [1.807, 2.05) is 6.92 Å². The van der Waals surface area contributed by atoms with Crippen molar-refractivity contribution in [2.45, 2.75) is 24.2 Å². The van der Waals surface area contributed by atoms with E-state index in [-0.39, 0.29) is 16.7 Å². The Bertz CT molecular complexity index is 1080. The number of aromatic nitrogens is 1. The van der Waals surface area contributed by atoms with Gasteiger partial charge in [-0.05, 0) is 55.2 Å². The van der Waals surface area contributed by atoms with Gasteiger partial charge in [0, 0.05) is 17.5 Å². The number of halogens is 1. The quantitative estimate of drug-likeness (QED) is 0.670. The molecular weight excluding hydrogens is 341 g/mol. The summed E-state index contributed by atoms with van der Waals surface area (Å²) in [6.07, 6.45) is 3.08. The maximum absolute atomic E-state index is 13.7. The van der Waals surface area contributed by atoms with Crippen LogP contribution < -0.4 is 0 Å². The number of hydrogen-bond acceptors (Lipinski definition) is 3. The molecule has 25 heavy (non-hydrogen) atoms. The van der Waals surface area contributed by atoms with E-state index in [0.29, 0.717) is 22.9 Å². The summed E-state index contributed by atoms with van der Waals surface area (Å²) in [5.41, 5.74) is 2.10. The first-order valence-electron chi connectivity index (χ1n) is 8.00. The maximum atomic E-state index is 13.7. The monoisotopic (exact) mass is 357 g/mol. The van der Waals surface area contributed by atoms with Crippen LogP contribution in [0.2, 0.25) is 0 Å². The van der Waals surface area contributed by atoms with E-state index in [9.17, 15) is 17.6 Å². The molecule has 2 atom stereocenters. The standard InChI is InChI=1S/C19H16FNO3S/c1-12-2-5-15(6-3-12)25(23,24)21-10-18(16-8-13(16)11-22)17-9-14(20)4-7-19(17)21/h2-7,9-11,13,16H,8H2,1H3/t13-,16-/m0/s1. The van der Waals surface area contributed by atoms with E-state index < -0.39 is 15.8 Å². The number of carbonyl (C=O) groups excluding carboxylic acids is 1. The van der Waals surface area contributed by atoms with Crippen LogP contribution in [0.3, 0.4) is 0 Å². The van der Waals surface area contributed by atoms with Gasteiger partial charge >= 0.3 is 0 Å². The average molecular weight is 357 g/mol. The van der Waals surface area contributed by atoms with Gasteiger partial charge in [-0.1, -0.05) is 17.7 Å². The zero-order valence-electron chi connectivity index (χ0n) is 13.5. The van der Waals surface area contributed by atoms with Crippen molar-refractivity contribution in [3.8, 4) is 0 Å². The summed E-state index contributed by atoms with van der Waals surface area (Å²) in [6.45, 7) is 1.88. The van der Waals surface area contributed by atoms with Gasteiger partial charge in [0.15, 0.2) is 0 Å². The van der Waals surface area contributed by atoms with Gasteiger partial charge in [0.1, 0.15) is 12.1 Å². The van der Waals surface area contributed by atoms with Crippen molar-refractivity contribution >= 4 is 27.2 Å². The normalized spacial score (nSPS) is 19.9. The Kier molecular flexibility index (Phi) is 3.54. The lowest BCUT2D eigenvalue weighted by atomic mass is 10.1. The molecule has 2 aromatic carbocycles. The van der Waals surface area contributed by atoms with Gasteiger partial charge in [-0.25, -0.2) is 16.8 Å². The number of hydrogen-bond donors (Lipinski definition) is 0. The molecule has 1 aromatic heterocycles. The predicted octanol–water partition coefficient (Wildman–Crippen LogP) is 3.63. The van der Waals surface area contributed by atoms with Gasteiger partial charge < -0.3 is 4.79 Å². The first-order chi connectivity index (χ1) is 11.9. The Hall–Kier alpha value is -2.47. The third kappa shape index (κ3) is 2.57. The van der Waals surface area contributed by atoms with Gasteiger partial charge in [0.2, 0.25) is 0 Å². The van der Waals surface area contributed by atoms with Crippen molar-refractivity contribution in [1.82, 2.24) is 3.97 Å². The van der Waals surface area contributed by atoms with E-state index in [4.69, 9.17) is 0 Å². The average Bonchev–Trinajstić information content (AvgIpc) is 3.27. The Morgan fingerprint density at radius 3 is 2.52 bits per heavy atom. The highest BCUT2D eigenvalue weighted by Gasteiger charge is 2.40. The highest BCUT2D eigenvalue weighted by molar-refractivity contribution is 7.90.